The molecule has 0 aliphatic carbocycles. The lowest BCUT2D eigenvalue weighted by molar-refractivity contribution is -0.420. The summed E-state index contributed by atoms with van der Waals surface area (Å²) in [5.41, 5.74) is -1.78. The second-order valence-electron chi connectivity index (χ2n) is 4.35. The van der Waals surface area contributed by atoms with Gasteiger partial charge in [-0.15, -0.1) is 0 Å². The van der Waals surface area contributed by atoms with Crippen LogP contribution in [0.1, 0.15) is 19.4 Å². The van der Waals surface area contributed by atoms with E-state index in [2.05, 4.69) is 14.8 Å². The molecule has 1 aromatic carbocycles. The van der Waals surface area contributed by atoms with E-state index < -0.39 is 33.3 Å². The number of amides is 1. The molecular weight excluding hydrogens is 338 g/mol. The first-order valence-corrected chi connectivity index (χ1v) is 7.06. The molecule has 0 aliphatic rings. The number of nitro groups is 2. The van der Waals surface area contributed by atoms with Crippen molar-refractivity contribution < 1.29 is 28.9 Å². The molecule has 25 heavy (non-hydrogen) atoms. The highest BCUT2D eigenvalue weighted by atomic mass is 16.6. The largest absolute Gasteiger partial charge is 0.458 e. The van der Waals surface area contributed by atoms with E-state index >= 15 is 0 Å². The number of hydrogen-bond acceptors (Lipinski definition) is 8. The van der Waals surface area contributed by atoms with Gasteiger partial charge < -0.3 is 9.47 Å². The molecule has 1 rings (SSSR count). The van der Waals surface area contributed by atoms with Gasteiger partial charge in [-0.25, -0.2) is 9.59 Å². The van der Waals surface area contributed by atoms with E-state index in [9.17, 15) is 29.8 Å². The zero-order valence-corrected chi connectivity index (χ0v) is 13.4. The highest BCUT2D eigenvalue weighted by molar-refractivity contribution is 5.97. The van der Waals surface area contributed by atoms with Crippen LogP contribution < -0.4 is 5.32 Å². The van der Waals surface area contributed by atoms with Crippen LogP contribution in [0.25, 0.3) is 5.70 Å². The standard InChI is InChI=1S/C14H15N3O8/c1-3-24-13(18)12(17(22)23)11(15-14(19)25-4-2)9-5-7-10(8-6-9)16(20)21/h5-8H,3-4H2,1-2H3,(H,15,19)/b12-11-. The van der Waals surface area contributed by atoms with Crippen LogP contribution in [0, 0.1) is 20.2 Å². The molecule has 0 radical (unpaired) electrons. The molecular formula is C14H15N3O8. The van der Waals surface area contributed by atoms with Gasteiger partial charge in [0.1, 0.15) is 5.70 Å². The van der Waals surface area contributed by atoms with E-state index in [0.29, 0.717) is 0 Å². The lowest BCUT2D eigenvalue weighted by atomic mass is 10.1. The van der Waals surface area contributed by atoms with E-state index in [-0.39, 0.29) is 24.5 Å². The van der Waals surface area contributed by atoms with Crippen molar-refractivity contribution in [3.05, 3.63) is 55.8 Å². The predicted octanol–water partition coefficient (Wildman–Crippen LogP) is 1.85. The first-order valence-electron chi connectivity index (χ1n) is 7.06. The predicted molar refractivity (Wildman–Crippen MR) is 83.8 cm³/mol. The smallest absolute Gasteiger partial charge is 0.412 e. The summed E-state index contributed by atoms with van der Waals surface area (Å²) in [4.78, 5) is 43.9. The molecule has 0 atom stereocenters. The Balaban J connectivity index is 3.46. The van der Waals surface area contributed by atoms with Crippen LogP contribution in [-0.2, 0) is 14.3 Å². The van der Waals surface area contributed by atoms with Gasteiger partial charge in [0.15, 0.2) is 0 Å². The minimum atomic E-state index is -1.27. The van der Waals surface area contributed by atoms with Crippen LogP contribution in [0.5, 0.6) is 0 Å². The molecule has 0 aromatic heterocycles. The Labute approximate surface area is 141 Å². The number of esters is 1. The molecule has 11 nitrogen and oxygen atoms in total. The number of nitro benzene ring substituents is 1. The van der Waals surface area contributed by atoms with E-state index in [1.807, 2.05) is 0 Å². The van der Waals surface area contributed by atoms with Crippen molar-refractivity contribution in [3.8, 4) is 0 Å². The number of hydrogen-bond donors (Lipinski definition) is 1. The zero-order valence-electron chi connectivity index (χ0n) is 13.4. The van der Waals surface area contributed by atoms with Gasteiger partial charge >= 0.3 is 17.8 Å². The molecule has 134 valence electrons. The van der Waals surface area contributed by atoms with Crippen molar-refractivity contribution in [2.45, 2.75) is 13.8 Å². The van der Waals surface area contributed by atoms with Gasteiger partial charge in [0.2, 0.25) is 0 Å². The number of rotatable bonds is 7. The SMILES string of the molecule is CCOC(=O)N/C(=C(/C(=O)OCC)[N+](=O)[O-])c1ccc([N+](=O)[O-])cc1. The normalized spacial score (nSPS) is 11.1. The van der Waals surface area contributed by atoms with Crippen LogP contribution >= 0.6 is 0 Å². The van der Waals surface area contributed by atoms with Gasteiger partial charge in [-0.2, -0.15) is 0 Å². The Morgan fingerprint density at radius 3 is 2.04 bits per heavy atom. The second-order valence-corrected chi connectivity index (χ2v) is 4.35. The highest BCUT2D eigenvalue weighted by Crippen LogP contribution is 2.21. The Morgan fingerprint density at radius 1 is 1.04 bits per heavy atom. The zero-order chi connectivity index (χ0) is 19.0. The van der Waals surface area contributed by atoms with Crippen LogP contribution in [0.3, 0.4) is 0 Å². The fourth-order valence-corrected chi connectivity index (χ4v) is 1.75. The third-order valence-corrected chi connectivity index (χ3v) is 2.76. The van der Waals surface area contributed by atoms with E-state index in [4.69, 9.17) is 0 Å². The number of non-ortho nitro benzene ring substituents is 1. The number of nitrogens with one attached hydrogen (secondary N) is 1. The van der Waals surface area contributed by atoms with Crippen molar-refractivity contribution >= 4 is 23.4 Å². The van der Waals surface area contributed by atoms with Crippen LogP contribution in [0.2, 0.25) is 0 Å². The molecule has 0 fully saturated rings. The van der Waals surface area contributed by atoms with Crippen molar-refractivity contribution in [1.82, 2.24) is 5.32 Å². The van der Waals surface area contributed by atoms with Crippen LogP contribution in [0.15, 0.2) is 30.0 Å². The molecule has 0 spiro atoms. The Kier molecular flexibility index (Phi) is 7.00. The fraction of sp³-hybridized carbons (Fsp3) is 0.286. The van der Waals surface area contributed by atoms with Crippen LogP contribution in [0.4, 0.5) is 10.5 Å². The molecule has 1 amide bonds. The quantitative estimate of drug-likeness (QED) is 0.337. The average molecular weight is 353 g/mol. The molecule has 0 unspecified atom stereocenters. The van der Waals surface area contributed by atoms with Crippen molar-refractivity contribution in [3.63, 3.8) is 0 Å². The minimum absolute atomic E-state index is 0.00148. The molecule has 0 bridgehead atoms. The summed E-state index contributed by atoms with van der Waals surface area (Å²) in [5, 5.41) is 24.1. The average Bonchev–Trinajstić information content (AvgIpc) is 2.54. The number of carbonyl (C=O) groups is 2. The minimum Gasteiger partial charge on any atom is -0.458 e. The number of nitrogens with zero attached hydrogens (tertiary/aromatic N) is 2. The Morgan fingerprint density at radius 2 is 1.60 bits per heavy atom. The summed E-state index contributed by atoms with van der Waals surface area (Å²) in [7, 11) is 0. The van der Waals surface area contributed by atoms with E-state index in [1.165, 1.54) is 13.8 Å². The monoisotopic (exact) mass is 353 g/mol. The van der Waals surface area contributed by atoms with Gasteiger partial charge in [-0.05, 0) is 26.0 Å². The Hall–Kier alpha value is -3.50. The van der Waals surface area contributed by atoms with Gasteiger partial charge in [0.25, 0.3) is 5.69 Å². The first kappa shape index (κ1) is 19.5. The van der Waals surface area contributed by atoms with Gasteiger partial charge in [0, 0.05) is 17.7 Å². The van der Waals surface area contributed by atoms with E-state index in [1.54, 1.807) is 0 Å². The number of ether oxygens (including phenoxy) is 2. The fourth-order valence-electron chi connectivity index (χ4n) is 1.75. The first-order chi connectivity index (χ1) is 11.8. The summed E-state index contributed by atoms with van der Waals surface area (Å²) in [6.07, 6.45) is -1.03. The summed E-state index contributed by atoms with van der Waals surface area (Å²) in [6.45, 7) is 2.85. The number of alkyl carbamates (subject to hydrolysis) is 1. The maximum Gasteiger partial charge on any atom is 0.412 e. The highest BCUT2D eigenvalue weighted by Gasteiger charge is 2.31. The second kappa shape index (κ2) is 8.96. The molecule has 1 aromatic rings. The van der Waals surface area contributed by atoms with Crippen LogP contribution in [-0.4, -0.2) is 35.1 Å². The summed E-state index contributed by atoms with van der Waals surface area (Å²) in [6, 6.07) is 4.46. The number of carbonyl (C=O) groups excluding carboxylic acids is 2. The maximum absolute atomic E-state index is 11.9. The molecule has 11 heteroatoms. The van der Waals surface area contributed by atoms with E-state index in [0.717, 1.165) is 24.3 Å². The van der Waals surface area contributed by atoms with Crippen molar-refractivity contribution in [1.29, 1.82) is 0 Å². The summed E-state index contributed by atoms with van der Waals surface area (Å²) < 4.78 is 9.29. The summed E-state index contributed by atoms with van der Waals surface area (Å²) >= 11 is 0. The van der Waals surface area contributed by atoms with Gasteiger partial charge in [-0.1, -0.05) is 0 Å². The summed E-state index contributed by atoms with van der Waals surface area (Å²) in [5.74, 6) is -1.27. The lowest BCUT2D eigenvalue weighted by Gasteiger charge is -2.10. The van der Waals surface area contributed by atoms with Gasteiger partial charge in [-0.3, -0.25) is 25.5 Å². The maximum atomic E-state index is 11.9. The molecule has 0 saturated carbocycles. The van der Waals surface area contributed by atoms with Crippen molar-refractivity contribution in [2.75, 3.05) is 13.2 Å². The molecule has 0 aliphatic heterocycles. The molecule has 0 heterocycles. The molecule has 0 saturated heterocycles. The number of benzene rings is 1. The molecule has 1 N–H and O–H groups in total. The lowest BCUT2D eigenvalue weighted by Crippen LogP contribution is -2.28. The van der Waals surface area contributed by atoms with Gasteiger partial charge in [0.05, 0.1) is 23.1 Å². The third kappa shape index (κ3) is 5.27. The Bertz CT molecular complexity index is 711. The third-order valence-electron chi connectivity index (χ3n) is 2.76. The van der Waals surface area contributed by atoms with Crippen molar-refractivity contribution in [2.24, 2.45) is 0 Å². The topological polar surface area (TPSA) is 151 Å².